The third-order valence-corrected chi connectivity index (χ3v) is 7.20. The highest BCUT2D eigenvalue weighted by atomic mass is 16.3. The number of aromatic hydroxyl groups is 1. The van der Waals surface area contributed by atoms with E-state index >= 15 is 0 Å². The number of rotatable bonds is 2. The Morgan fingerprint density at radius 2 is 1.90 bits per heavy atom. The summed E-state index contributed by atoms with van der Waals surface area (Å²) in [5, 5.41) is 28.8. The number of phenols is 1. The lowest BCUT2D eigenvalue weighted by atomic mass is 9.93. The van der Waals surface area contributed by atoms with Gasteiger partial charge in [0, 0.05) is 30.2 Å². The monoisotopic (exact) mass is 389 g/mol. The predicted molar refractivity (Wildman–Crippen MR) is 112 cm³/mol. The maximum Gasteiger partial charge on any atom is 0.154 e. The summed E-state index contributed by atoms with van der Waals surface area (Å²) in [6.45, 7) is 2.94. The van der Waals surface area contributed by atoms with Crippen LogP contribution in [0.25, 0.3) is 11.3 Å². The van der Waals surface area contributed by atoms with Crippen LogP contribution in [0.15, 0.2) is 18.2 Å². The highest BCUT2D eigenvalue weighted by molar-refractivity contribution is 5.73. The van der Waals surface area contributed by atoms with Gasteiger partial charge in [0.25, 0.3) is 0 Å². The number of benzene rings is 1. The van der Waals surface area contributed by atoms with E-state index in [-0.39, 0.29) is 5.75 Å². The van der Waals surface area contributed by atoms with Crippen molar-refractivity contribution in [1.29, 1.82) is 5.26 Å². The van der Waals surface area contributed by atoms with E-state index in [0.717, 1.165) is 36.8 Å². The molecule has 1 N–H and O–H groups in total. The first-order valence-corrected chi connectivity index (χ1v) is 10.7. The summed E-state index contributed by atoms with van der Waals surface area (Å²) in [5.41, 5.74) is 3.87. The topological polar surface area (TPSA) is 76.3 Å². The van der Waals surface area contributed by atoms with E-state index in [9.17, 15) is 5.11 Å². The average molecular weight is 390 g/mol. The minimum absolute atomic E-state index is 0.0920. The smallest absolute Gasteiger partial charge is 0.154 e. The van der Waals surface area contributed by atoms with Crippen LogP contribution >= 0.6 is 0 Å². The quantitative estimate of drug-likeness (QED) is 0.848. The number of aryl methyl sites for hydroxylation is 2. The molecule has 0 aliphatic carbocycles. The molecule has 0 radical (unpaired) electrons. The molecule has 150 valence electrons. The van der Waals surface area contributed by atoms with Crippen molar-refractivity contribution in [1.82, 2.24) is 15.1 Å². The molecule has 2 aromatic rings. The van der Waals surface area contributed by atoms with Crippen molar-refractivity contribution < 1.29 is 5.11 Å². The van der Waals surface area contributed by atoms with Gasteiger partial charge in [-0.15, -0.1) is 10.2 Å². The number of piperidine rings is 1. The van der Waals surface area contributed by atoms with Crippen molar-refractivity contribution in [2.45, 2.75) is 63.6 Å². The molecule has 3 aliphatic heterocycles. The first-order chi connectivity index (χ1) is 14.1. The molecule has 0 amide bonds. The highest BCUT2D eigenvalue weighted by Crippen LogP contribution is 2.41. The Hall–Kier alpha value is -2.65. The minimum atomic E-state index is 0.0920. The summed E-state index contributed by atoms with van der Waals surface area (Å²) < 4.78 is 0. The first kappa shape index (κ1) is 18.4. The van der Waals surface area contributed by atoms with Crippen LogP contribution in [0.2, 0.25) is 0 Å². The second kappa shape index (κ2) is 7.00. The molecule has 0 spiro atoms. The highest BCUT2D eigenvalue weighted by Gasteiger charge is 2.43. The number of phenolic OH excluding ortho intramolecular Hbond substituents is 1. The van der Waals surface area contributed by atoms with E-state index in [1.807, 2.05) is 6.92 Å². The van der Waals surface area contributed by atoms with Gasteiger partial charge in [-0.2, -0.15) is 5.26 Å². The van der Waals surface area contributed by atoms with Crippen molar-refractivity contribution in [3.63, 3.8) is 0 Å². The molecular formula is C23H27N5O. The standard InChI is InChI=1S/C23H27N5O/c1-14-10-15(13-24)11-21(29)22(14)18-12-16-4-3-9-28(23(16)26-25-18)20-8-6-17-5-7-19(20)27(17)2/h10-12,17,19-20,29H,3-9H2,1-2H3/t17-,19+,20-/m1/s1. The van der Waals surface area contributed by atoms with Crippen LogP contribution in [-0.4, -0.2) is 51.9 Å². The molecule has 3 aliphatic rings. The Morgan fingerprint density at radius 1 is 1.10 bits per heavy atom. The van der Waals surface area contributed by atoms with E-state index in [4.69, 9.17) is 5.26 Å². The van der Waals surface area contributed by atoms with Gasteiger partial charge in [0.1, 0.15) is 5.75 Å². The van der Waals surface area contributed by atoms with Crippen molar-refractivity contribution in [3.8, 4) is 23.1 Å². The normalized spacial score (nSPS) is 26.2. The van der Waals surface area contributed by atoms with Gasteiger partial charge in [0.15, 0.2) is 5.82 Å². The fraction of sp³-hybridized carbons (Fsp3) is 0.522. The summed E-state index contributed by atoms with van der Waals surface area (Å²) in [7, 11) is 2.28. The zero-order valence-corrected chi connectivity index (χ0v) is 17.1. The van der Waals surface area contributed by atoms with Crippen LogP contribution < -0.4 is 4.90 Å². The fourth-order valence-electron chi connectivity index (χ4n) is 5.78. The number of anilines is 1. The maximum atomic E-state index is 10.5. The molecule has 6 heteroatoms. The predicted octanol–water partition coefficient (Wildman–Crippen LogP) is 3.41. The molecule has 2 saturated heterocycles. The lowest BCUT2D eigenvalue weighted by Crippen LogP contribution is -2.54. The Balaban J connectivity index is 1.50. The van der Waals surface area contributed by atoms with E-state index in [1.54, 1.807) is 6.07 Å². The van der Waals surface area contributed by atoms with Gasteiger partial charge in [-0.1, -0.05) is 0 Å². The second-order valence-corrected chi connectivity index (χ2v) is 8.78. The van der Waals surface area contributed by atoms with Crippen LogP contribution in [0.3, 0.4) is 0 Å². The molecule has 5 rings (SSSR count). The molecule has 1 aromatic carbocycles. The van der Waals surface area contributed by atoms with Crippen molar-refractivity contribution in [3.05, 3.63) is 34.9 Å². The van der Waals surface area contributed by atoms with Crippen molar-refractivity contribution in [2.24, 2.45) is 0 Å². The number of fused-ring (bicyclic) bond motifs is 3. The van der Waals surface area contributed by atoms with Gasteiger partial charge in [0.2, 0.25) is 0 Å². The van der Waals surface area contributed by atoms with Crippen LogP contribution in [0.1, 0.15) is 48.8 Å². The third-order valence-electron chi connectivity index (χ3n) is 7.20. The van der Waals surface area contributed by atoms with Crippen LogP contribution in [-0.2, 0) is 6.42 Å². The molecule has 2 fully saturated rings. The molecule has 4 heterocycles. The van der Waals surface area contributed by atoms with E-state index < -0.39 is 0 Å². The van der Waals surface area contributed by atoms with E-state index in [1.165, 1.54) is 37.3 Å². The van der Waals surface area contributed by atoms with E-state index in [0.29, 0.717) is 28.9 Å². The summed E-state index contributed by atoms with van der Waals surface area (Å²) in [6, 6.07) is 9.37. The van der Waals surface area contributed by atoms with Crippen LogP contribution in [0.5, 0.6) is 5.75 Å². The molecule has 29 heavy (non-hydrogen) atoms. The van der Waals surface area contributed by atoms with Crippen molar-refractivity contribution >= 4 is 5.82 Å². The van der Waals surface area contributed by atoms with Gasteiger partial charge in [-0.05, 0) is 81.8 Å². The first-order valence-electron chi connectivity index (χ1n) is 10.7. The zero-order chi connectivity index (χ0) is 20.1. The number of nitriles is 1. The summed E-state index contributed by atoms with van der Waals surface area (Å²) in [4.78, 5) is 5.09. The third kappa shape index (κ3) is 2.96. The Bertz CT molecular complexity index is 974. The van der Waals surface area contributed by atoms with Crippen LogP contribution in [0, 0.1) is 18.3 Å². The number of likely N-dealkylation sites (N-methyl/N-ethyl adjacent to an activating group) is 1. The molecule has 2 bridgehead atoms. The summed E-state index contributed by atoms with van der Waals surface area (Å²) in [5.74, 6) is 1.11. The summed E-state index contributed by atoms with van der Waals surface area (Å²) >= 11 is 0. The van der Waals surface area contributed by atoms with Gasteiger partial charge in [-0.3, -0.25) is 4.90 Å². The average Bonchev–Trinajstić information content (AvgIpc) is 2.94. The lowest BCUT2D eigenvalue weighted by molar-refractivity contribution is 0.151. The number of nitrogens with zero attached hydrogens (tertiary/aromatic N) is 5. The van der Waals surface area contributed by atoms with Gasteiger partial charge >= 0.3 is 0 Å². The lowest BCUT2D eigenvalue weighted by Gasteiger charge is -2.45. The Morgan fingerprint density at radius 3 is 2.66 bits per heavy atom. The number of hydrogen-bond acceptors (Lipinski definition) is 6. The largest absolute Gasteiger partial charge is 0.507 e. The SMILES string of the molecule is Cc1cc(C#N)cc(O)c1-c1cc2c(nn1)N([C@@H]1CC[C@H]3CC[C@@H]1N3C)CCC2. The minimum Gasteiger partial charge on any atom is -0.507 e. The Kier molecular flexibility index (Phi) is 4.44. The van der Waals surface area contributed by atoms with Gasteiger partial charge in [-0.25, -0.2) is 0 Å². The number of aromatic nitrogens is 2. The molecule has 0 unspecified atom stereocenters. The zero-order valence-electron chi connectivity index (χ0n) is 17.1. The molecule has 0 saturated carbocycles. The Labute approximate surface area is 171 Å². The van der Waals surface area contributed by atoms with Crippen molar-refractivity contribution in [2.75, 3.05) is 18.5 Å². The maximum absolute atomic E-state index is 10.5. The fourth-order valence-corrected chi connectivity index (χ4v) is 5.78. The molecule has 3 atom stereocenters. The van der Waals surface area contributed by atoms with Gasteiger partial charge in [0.05, 0.1) is 17.3 Å². The second-order valence-electron chi connectivity index (χ2n) is 8.78. The van der Waals surface area contributed by atoms with E-state index in [2.05, 4.69) is 39.2 Å². The number of hydrogen-bond donors (Lipinski definition) is 1. The van der Waals surface area contributed by atoms with Gasteiger partial charge < -0.3 is 10.0 Å². The summed E-state index contributed by atoms with van der Waals surface area (Å²) in [6.07, 6.45) is 7.21. The molecule has 6 nitrogen and oxygen atoms in total. The van der Waals surface area contributed by atoms with Crippen LogP contribution in [0.4, 0.5) is 5.82 Å². The molecular weight excluding hydrogens is 362 g/mol. The molecule has 1 aromatic heterocycles.